The van der Waals surface area contributed by atoms with E-state index in [0.717, 1.165) is 4.88 Å². The number of thiophene rings is 1. The van der Waals surface area contributed by atoms with Crippen molar-refractivity contribution in [2.45, 2.75) is 17.2 Å². The van der Waals surface area contributed by atoms with Crippen LogP contribution in [0.15, 0.2) is 40.6 Å². The average Bonchev–Trinajstić information content (AvgIpc) is 3.19. The van der Waals surface area contributed by atoms with Gasteiger partial charge < -0.3 is 9.47 Å². The number of hydrogen-bond acceptors (Lipinski definition) is 6. The highest BCUT2D eigenvalue weighted by atomic mass is 32.2. The van der Waals surface area contributed by atoms with Gasteiger partial charge in [-0.05, 0) is 43.3 Å². The predicted molar refractivity (Wildman–Crippen MR) is 94.9 cm³/mol. The molecular formula is C16H18N2O5S2. The number of nitrogens with one attached hydrogen (secondary N) is 1. The molecule has 1 saturated heterocycles. The quantitative estimate of drug-likeness (QED) is 0.829. The van der Waals surface area contributed by atoms with Gasteiger partial charge in [0.2, 0.25) is 10.0 Å². The lowest BCUT2D eigenvalue weighted by atomic mass is 10.2. The summed E-state index contributed by atoms with van der Waals surface area (Å²) in [5.41, 5.74) is 0.671. The molecule has 3 rings (SSSR count). The Kier molecular flexibility index (Phi) is 4.98. The second kappa shape index (κ2) is 7.03. The number of ether oxygens (including phenoxy) is 2. The van der Waals surface area contributed by atoms with Crippen LogP contribution in [0.3, 0.4) is 0 Å². The van der Waals surface area contributed by atoms with Crippen LogP contribution in [0, 0.1) is 6.92 Å². The van der Waals surface area contributed by atoms with Crippen molar-refractivity contribution in [3.05, 3.63) is 41.3 Å². The molecule has 0 radical (unpaired) electrons. The normalized spacial score (nSPS) is 17.6. The number of aryl methyl sites for hydroxylation is 1. The van der Waals surface area contributed by atoms with Crippen LogP contribution in [0.4, 0.5) is 10.5 Å². The molecule has 2 aromatic rings. The number of anilines is 1. The third-order valence-corrected chi connectivity index (χ3v) is 6.66. The van der Waals surface area contributed by atoms with Gasteiger partial charge in [0.25, 0.3) is 0 Å². The molecule has 7 nitrogen and oxygen atoms in total. The molecule has 9 heteroatoms. The van der Waals surface area contributed by atoms with Crippen molar-refractivity contribution in [2.75, 3.05) is 25.1 Å². The zero-order chi connectivity index (χ0) is 18.0. The van der Waals surface area contributed by atoms with Crippen LogP contribution in [-0.4, -0.2) is 40.8 Å². The minimum atomic E-state index is -3.59. The maximum atomic E-state index is 12.2. The highest BCUT2D eigenvalue weighted by molar-refractivity contribution is 7.91. The topological polar surface area (TPSA) is 84.9 Å². The van der Waals surface area contributed by atoms with E-state index in [4.69, 9.17) is 9.47 Å². The lowest BCUT2D eigenvalue weighted by Crippen LogP contribution is -2.34. The predicted octanol–water partition coefficient (Wildman–Crippen LogP) is 2.37. The lowest BCUT2D eigenvalue weighted by molar-refractivity contribution is 0.143. The molecule has 1 atom stereocenters. The minimum absolute atomic E-state index is 0.0255. The van der Waals surface area contributed by atoms with Crippen LogP contribution < -0.4 is 14.4 Å². The van der Waals surface area contributed by atoms with Gasteiger partial charge >= 0.3 is 6.09 Å². The summed E-state index contributed by atoms with van der Waals surface area (Å²) < 4.78 is 37.6. The van der Waals surface area contributed by atoms with Crippen LogP contribution >= 0.6 is 11.3 Å². The van der Waals surface area contributed by atoms with Crippen molar-refractivity contribution in [2.24, 2.45) is 0 Å². The Morgan fingerprint density at radius 2 is 2.00 bits per heavy atom. The summed E-state index contributed by atoms with van der Waals surface area (Å²) in [5, 5.41) is 0. The summed E-state index contributed by atoms with van der Waals surface area (Å²) >= 11 is 1.20. The standard InChI is InChI=1S/C16H18N2O5S2/c1-11-3-8-15(24-11)25(20,21)17-9-14-10-18(16(19)23-14)12-4-6-13(22-2)7-5-12/h3-8,14,17H,9-10H2,1-2H3. The molecule has 1 amide bonds. The maximum absolute atomic E-state index is 12.2. The van der Waals surface area contributed by atoms with Crippen LogP contribution in [0.5, 0.6) is 5.75 Å². The first-order chi connectivity index (χ1) is 11.9. The lowest BCUT2D eigenvalue weighted by Gasteiger charge is -2.13. The number of rotatable bonds is 6. The molecule has 1 aromatic carbocycles. The molecule has 1 aliphatic rings. The number of sulfonamides is 1. The summed E-state index contributed by atoms with van der Waals surface area (Å²) in [5.74, 6) is 0.687. The molecule has 1 fully saturated rings. The van der Waals surface area contributed by atoms with E-state index in [9.17, 15) is 13.2 Å². The van der Waals surface area contributed by atoms with Crippen LogP contribution in [-0.2, 0) is 14.8 Å². The number of carbonyl (C=O) groups excluding carboxylic acids is 1. The second-order valence-corrected chi connectivity index (χ2v) is 8.81. The molecule has 0 aliphatic carbocycles. The molecule has 1 aliphatic heterocycles. The molecule has 0 spiro atoms. The molecule has 25 heavy (non-hydrogen) atoms. The van der Waals surface area contributed by atoms with Crippen molar-refractivity contribution in [1.29, 1.82) is 0 Å². The van der Waals surface area contributed by atoms with Gasteiger partial charge in [-0.3, -0.25) is 4.90 Å². The first kappa shape index (κ1) is 17.7. The first-order valence-electron chi connectivity index (χ1n) is 7.57. The van der Waals surface area contributed by atoms with Gasteiger partial charge in [-0.2, -0.15) is 0 Å². The van der Waals surface area contributed by atoms with E-state index in [1.807, 2.05) is 6.92 Å². The van der Waals surface area contributed by atoms with Gasteiger partial charge in [0.1, 0.15) is 16.1 Å². The Balaban J connectivity index is 1.62. The molecule has 0 bridgehead atoms. The van der Waals surface area contributed by atoms with Crippen LogP contribution in [0.25, 0.3) is 0 Å². The van der Waals surface area contributed by atoms with E-state index in [2.05, 4.69) is 4.72 Å². The molecule has 1 unspecified atom stereocenters. The average molecular weight is 382 g/mol. The number of benzene rings is 1. The Morgan fingerprint density at radius 1 is 1.28 bits per heavy atom. The molecular weight excluding hydrogens is 364 g/mol. The van der Waals surface area contributed by atoms with Gasteiger partial charge in [0.05, 0.1) is 13.7 Å². The van der Waals surface area contributed by atoms with E-state index < -0.39 is 22.2 Å². The maximum Gasteiger partial charge on any atom is 0.414 e. The largest absolute Gasteiger partial charge is 0.497 e. The van der Waals surface area contributed by atoms with Gasteiger partial charge in [-0.25, -0.2) is 17.9 Å². The summed E-state index contributed by atoms with van der Waals surface area (Å²) in [6, 6.07) is 10.3. The van der Waals surface area contributed by atoms with E-state index in [0.29, 0.717) is 11.4 Å². The summed E-state index contributed by atoms with van der Waals surface area (Å²) in [7, 11) is -2.03. The van der Waals surface area contributed by atoms with E-state index in [1.165, 1.54) is 16.2 Å². The first-order valence-corrected chi connectivity index (χ1v) is 9.87. The van der Waals surface area contributed by atoms with Gasteiger partial charge in [-0.15, -0.1) is 11.3 Å². The van der Waals surface area contributed by atoms with Crippen LogP contribution in [0.2, 0.25) is 0 Å². The summed E-state index contributed by atoms with van der Waals surface area (Å²) in [4.78, 5) is 14.4. The third kappa shape index (κ3) is 3.94. The van der Waals surface area contributed by atoms with Crippen molar-refractivity contribution < 1.29 is 22.7 Å². The van der Waals surface area contributed by atoms with E-state index in [1.54, 1.807) is 43.5 Å². The number of carbonyl (C=O) groups is 1. The van der Waals surface area contributed by atoms with Crippen molar-refractivity contribution in [3.63, 3.8) is 0 Å². The SMILES string of the molecule is COc1ccc(N2CC(CNS(=O)(=O)c3ccc(C)s3)OC2=O)cc1. The molecule has 0 saturated carbocycles. The van der Waals surface area contributed by atoms with Gasteiger partial charge in [-0.1, -0.05) is 0 Å². The fourth-order valence-corrected chi connectivity index (χ4v) is 4.83. The summed E-state index contributed by atoms with van der Waals surface area (Å²) in [6.07, 6.45) is -1.05. The van der Waals surface area contributed by atoms with Gasteiger partial charge in [0.15, 0.2) is 0 Å². The molecule has 1 N–H and O–H groups in total. The number of nitrogens with zero attached hydrogens (tertiary/aromatic N) is 1. The Bertz CT molecular complexity index is 861. The third-order valence-electron chi connectivity index (χ3n) is 3.74. The fourth-order valence-electron chi connectivity index (χ4n) is 2.43. The van der Waals surface area contributed by atoms with Gasteiger partial charge in [0, 0.05) is 17.1 Å². The highest BCUT2D eigenvalue weighted by Gasteiger charge is 2.33. The molecule has 2 heterocycles. The number of cyclic esters (lactones) is 1. The molecule has 134 valence electrons. The zero-order valence-electron chi connectivity index (χ0n) is 13.8. The van der Waals surface area contributed by atoms with Crippen LogP contribution in [0.1, 0.15) is 4.88 Å². The smallest absolute Gasteiger partial charge is 0.414 e. The fraction of sp³-hybridized carbons (Fsp3) is 0.312. The zero-order valence-corrected chi connectivity index (χ0v) is 15.4. The minimum Gasteiger partial charge on any atom is -0.497 e. The second-order valence-electron chi connectivity index (χ2n) is 5.53. The van der Waals surface area contributed by atoms with Crippen molar-refractivity contribution >= 4 is 33.1 Å². The summed E-state index contributed by atoms with van der Waals surface area (Å²) in [6.45, 7) is 2.14. The Hall–Kier alpha value is -2.10. The van der Waals surface area contributed by atoms with Crippen molar-refractivity contribution in [1.82, 2.24) is 4.72 Å². The molecule has 1 aromatic heterocycles. The van der Waals surface area contributed by atoms with E-state index in [-0.39, 0.29) is 17.3 Å². The van der Waals surface area contributed by atoms with Crippen molar-refractivity contribution in [3.8, 4) is 5.75 Å². The number of hydrogen-bond donors (Lipinski definition) is 1. The highest BCUT2D eigenvalue weighted by Crippen LogP contribution is 2.24. The number of amides is 1. The van der Waals surface area contributed by atoms with E-state index >= 15 is 0 Å². The number of methoxy groups -OCH3 is 1. The Labute approximate surface area is 150 Å². The monoisotopic (exact) mass is 382 g/mol. The Morgan fingerprint density at radius 3 is 2.60 bits per heavy atom.